The molecule has 0 aliphatic heterocycles. The van der Waals surface area contributed by atoms with E-state index in [1.807, 2.05) is 24.3 Å². The molecule has 34 heavy (non-hydrogen) atoms. The summed E-state index contributed by atoms with van der Waals surface area (Å²) in [5.74, 6) is 0.117. The van der Waals surface area contributed by atoms with E-state index >= 15 is 0 Å². The average Bonchev–Trinajstić information content (AvgIpc) is 3.32. The Morgan fingerprint density at radius 3 is 2.41 bits per heavy atom. The van der Waals surface area contributed by atoms with Crippen LogP contribution in [-0.2, 0) is 13.6 Å². The molecule has 3 aromatic heterocycles. The fraction of sp³-hybridized carbons (Fsp3) is 0.222. The maximum absolute atomic E-state index is 13.3. The zero-order valence-corrected chi connectivity index (χ0v) is 18.9. The van der Waals surface area contributed by atoms with E-state index < -0.39 is 0 Å². The van der Waals surface area contributed by atoms with Crippen molar-refractivity contribution in [3.8, 4) is 6.07 Å². The Balaban J connectivity index is 1.84. The van der Waals surface area contributed by atoms with Crippen molar-refractivity contribution in [2.45, 2.75) is 32.2 Å². The molecule has 3 aromatic carbocycles. The molecule has 6 rings (SSSR count). The van der Waals surface area contributed by atoms with Crippen LogP contribution in [0.1, 0.15) is 25.7 Å². The molecule has 0 fully saturated rings. The SMILES string of the molecule is Cn1c2ccccc2c2c3c(=O)[nH]c(N)nc3c3c4ccccc4n(CCCCCC#N)c3c21. The van der Waals surface area contributed by atoms with E-state index in [-0.39, 0.29) is 11.5 Å². The minimum absolute atomic E-state index is 0.117. The van der Waals surface area contributed by atoms with E-state index in [1.165, 1.54) is 0 Å². The number of fused-ring (bicyclic) bond motifs is 10. The number of anilines is 1. The molecule has 0 saturated heterocycles. The van der Waals surface area contributed by atoms with Crippen LogP contribution >= 0.6 is 0 Å². The summed E-state index contributed by atoms with van der Waals surface area (Å²) < 4.78 is 4.55. The van der Waals surface area contributed by atoms with E-state index in [2.05, 4.69) is 56.5 Å². The Bertz CT molecular complexity index is 1850. The maximum atomic E-state index is 13.3. The molecule has 0 saturated carbocycles. The number of para-hydroxylation sites is 2. The largest absolute Gasteiger partial charge is 0.369 e. The van der Waals surface area contributed by atoms with Crippen LogP contribution in [0.15, 0.2) is 53.3 Å². The molecule has 3 heterocycles. The van der Waals surface area contributed by atoms with Crippen LogP contribution in [0.2, 0.25) is 0 Å². The summed E-state index contributed by atoms with van der Waals surface area (Å²) in [5, 5.41) is 13.4. The molecule has 7 nitrogen and oxygen atoms in total. The Labute approximate surface area is 195 Å². The van der Waals surface area contributed by atoms with Crippen LogP contribution in [0.25, 0.3) is 54.5 Å². The van der Waals surface area contributed by atoms with Crippen LogP contribution in [0.3, 0.4) is 0 Å². The van der Waals surface area contributed by atoms with E-state index in [0.29, 0.717) is 17.3 Å². The van der Waals surface area contributed by atoms with Gasteiger partial charge in [-0.05, 0) is 25.0 Å². The quantitative estimate of drug-likeness (QED) is 0.347. The summed E-state index contributed by atoms with van der Waals surface area (Å²) in [5.41, 5.74) is 10.7. The van der Waals surface area contributed by atoms with Crippen LogP contribution < -0.4 is 11.3 Å². The van der Waals surface area contributed by atoms with Gasteiger partial charge in [0.25, 0.3) is 5.56 Å². The second-order valence-electron chi connectivity index (χ2n) is 8.84. The van der Waals surface area contributed by atoms with E-state index in [4.69, 9.17) is 11.0 Å². The third kappa shape index (κ3) is 2.75. The number of aryl methyl sites for hydroxylation is 2. The summed E-state index contributed by atoms with van der Waals surface area (Å²) in [7, 11) is 2.06. The zero-order valence-electron chi connectivity index (χ0n) is 18.9. The Kier molecular flexibility index (Phi) is 4.56. The molecule has 0 unspecified atom stereocenters. The molecule has 0 aliphatic carbocycles. The van der Waals surface area contributed by atoms with Crippen molar-refractivity contribution in [1.82, 2.24) is 19.1 Å². The third-order valence-electron chi connectivity index (χ3n) is 6.90. The summed E-state index contributed by atoms with van der Waals surface area (Å²) in [6, 6.07) is 18.7. The lowest BCUT2D eigenvalue weighted by atomic mass is 10.0. The van der Waals surface area contributed by atoms with Crippen molar-refractivity contribution >= 4 is 60.5 Å². The highest BCUT2D eigenvalue weighted by Gasteiger charge is 2.24. The molecule has 0 radical (unpaired) electrons. The molecule has 0 amide bonds. The van der Waals surface area contributed by atoms with E-state index in [1.54, 1.807) is 0 Å². The van der Waals surface area contributed by atoms with Gasteiger partial charge in [0, 0.05) is 52.6 Å². The summed E-state index contributed by atoms with van der Waals surface area (Å²) in [6.07, 6.45) is 3.42. The molecule has 0 aliphatic rings. The lowest BCUT2D eigenvalue weighted by Gasteiger charge is -2.11. The van der Waals surface area contributed by atoms with Crippen molar-refractivity contribution in [2.75, 3.05) is 5.73 Å². The van der Waals surface area contributed by atoms with Crippen molar-refractivity contribution in [3.63, 3.8) is 0 Å². The Hall–Kier alpha value is -4.31. The highest BCUT2D eigenvalue weighted by atomic mass is 16.1. The number of nitrogens with two attached hydrogens (primary N) is 1. The molecule has 3 N–H and O–H groups in total. The van der Waals surface area contributed by atoms with Crippen molar-refractivity contribution in [3.05, 3.63) is 58.9 Å². The highest BCUT2D eigenvalue weighted by Crippen LogP contribution is 2.42. The Morgan fingerprint density at radius 1 is 0.941 bits per heavy atom. The highest BCUT2D eigenvalue weighted by molar-refractivity contribution is 6.34. The third-order valence-corrected chi connectivity index (χ3v) is 6.90. The topological polar surface area (TPSA) is 105 Å². The first-order valence-electron chi connectivity index (χ1n) is 11.6. The zero-order chi connectivity index (χ0) is 23.4. The van der Waals surface area contributed by atoms with Crippen molar-refractivity contribution in [1.29, 1.82) is 5.26 Å². The molecule has 168 valence electrons. The van der Waals surface area contributed by atoms with Crippen LogP contribution in [-0.4, -0.2) is 19.1 Å². The number of nitrogens with zero attached hydrogens (tertiary/aromatic N) is 4. The number of unbranched alkanes of at least 4 members (excludes halogenated alkanes) is 3. The lowest BCUT2D eigenvalue weighted by molar-refractivity contribution is 0.614. The average molecular weight is 449 g/mol. The first-order chi connectivity index (χ1) is 16.6. The Morgan fingerprint density at radius 2 is 1.65 bits per heavy atom. The summed E-state index contributed by atoms with van der Waals surface area (Å²) >= 11 is 0. The lowest BCUT2D eigenvalue weighted by Crippen LogP contribution is -2.12. The predicted octanol–water partition coefficient (Wildman–Crippen LogP) is 5.34. The van der Waals surface area contributed by atoms with Gasteiger partial charge in [0.1, 0.15) is 0 Å². The second kappa shape index (κ2) is 7.63. The number of hydrogen-bond donors (Lipinski definition) is 2. The van der Waals surface area contributed by atoms with Gasteiger partial charge in [-0.25, -0.2) is 4.98 Å². The van der Waals surface area contributed by atoms with E-state index in [9.17, 15) is 4.79 Å². The molecule has 0 spiro atoms. The number of nitriles is 1. The smallest absolute Gasteiger partial charge is 0.260 e. The van der Waals surface area contributed by atoms with Gasteiger partial charge in [0.15, 0.2) is 0 Å². The molecule has 0 bridgehead atoms. The fourth-order valence-electron chi connectivity index (χ4n) is 5.50. The van der Waals surface area contributed by atoms with Gasteiger partial charge in [-0.3, -0.25) is 9.78 Å². The number of aromatic nitrogens is 4. The monoisotopic (exact) mass is 448 g/mol. The second-order valence-corrected chi connectivity index (χ2v) is 8.84. The minimum Gasteiger partial charge on any atom is -0.369 e. The van der Waals surface area contributed by atoms with Crippen LogP contribution in [0.5, 0.6) is 0 Å². The van der Waals surface area contributed by atoms with Gasteiger partial charge in [-0.15, -0.1) is 0 Å². The number of H-pyrrole nitrogens is 1. The summed E-state index contributed by atoms with van der Waals surface area (Å²) in [4.78, 5) is 20.7. The van der Waals surface area contributed by atoms with Crippen LogP contribution in [0, 0.1) is 11.3 Å². The van der Waals surface area contributed by atoms with Crippen molar-refractivity contribution < 1.29 is 0 Å². The maximum Gasteiger partial charge on any atom is 0.260 e. The number of rotatable bonds is 5. The first-order valence-corrected chi connectivity index (χ1v) is 11.6. The van der Waals surface area contributed by atoms with Gasteiger partial charge in [-0.1, -0.05) is 42.8 Å². The number of hydrogen-bond acceptors (Lipinski definition) is 4. The van der Waals surface area contributed by atoms with Gasteiger partial charge in [0.2, 0.25) is 5.95 Å². The van der Waals surface area contributed by atoms with E-state index in [0.717, 1.165) is 69.4 Å². The van der Waals surface area contributed by atoms with Gasteiger partial charge in [0.05, 0.1) is 28.0 Å². The van der Waals surface area contributed by atoms with Gasteiger partial charge >= 0.3 is 0 Å². The van der Waals surface area contributed by atoms with Gasteiger partial charge < -0.3 is 14.9 Å². The van der Waals surface area contributed by atoms with Gasteiger partial charge in [-0.2, -0.15) is 5.26 Å². The predicted molar refractivity (Wildman–Crippen MR) is 138 cm³/mol. The summed E-state index contributed by atoms with van der Waals surface area (Å²) in [6.45, 7) is 0.816. The number of nitrogen functional groups attached to an aromatic ring is 1. The number of benzene rings is 3. The fourth-order valence-corrected chi connectivity index (χ4v) is 5.50. The standard InChI is InChI=1S/C27H24N6O/c1-32-18-12-6-4-10-16(18)20-22-23(30-27(29)31-26(22)34)21-17-11-5-7-13-19(17)33(25(21)24(20)32)15-9-3-2-8-14-28/h4-7,10-13H,2-3,8-9,15H2,1H3,(H3,29,30,31,34). The normalized spacial score (nSPS) is 11.9. The molecular formula is C27H24N6O. The first kappa shape index (κ1) is 20.3. The van der Waals surface area contributed by atoms with Crippen LogP contribution in [0.4, 0.5) is 5.95 Å². The van der Waals surface area contributed by atoms with Crippen molar-refractivity contribution in [2.24, 2.45) is 7.05 Å². The number of aromatic amines is 1. The molecule has 7 heteroatoms. The molecule has 6 aromatic rings. The number of nitrogens with one attached hydrogen (secondary N) is 1. The molecule has 0 atom stereocenters. The minimum atomic E-state index is -0.223. The molecular weight excluding hydrogens is 424 g/mol.